The SMILES string of the molecule is COC1C[C@@H]2N[C@H](C1)N2c1nc(-c2c(C)ccc3n[nH]c(C)c23)nc2c1CN(c1cc(C(C)C)ccc1C)CC2. The Bertz CT molecular complexity index is 1600. The van der Waals surface area contributed by atoms with Gasteiger partial charge in [0.1, 0.15) is 5.82 Å². The Morgan fingerprint density at radius 1 is 1.00 bits per heavy atom. The molecule has 40 heavy (non-hydrogen) atoms. The van der Waals surface area contributed by atoms with Crippen molar-refractivity contribution in [3.63, 3.8) is 0 Å². The second kappa shape index (κ2) is 9.56. The number of anilines is 2. The van der Waals surface area contributed by atoms with E-state index in [2.05, 4.69) is 90.3 Å². The fraction of sp³-hybridized carbons (Fsp3) is 0.469. The van der Waals surface area contributed by atoms with Crippen LogP contribution in [0.15, 0.2) is 30.3 Å². The molecule has 208 valence electrons. The molecule has 3 fully saturated rings. The minimum atomic E-state index is 0.226. The third-order valence-electron chi connectivity index (χ3n) is 9.22. The molecule has 2 aromatic heterocycles. The number of methoxy groups -OCH3 is 1. The lowest BCUT2D eigenvalue weighted by Gasteiger charge is -2.57. The second-order valence-electron chi connectivity index (χ2n) is 12.1. The molecular formula is C32H39N7O. The van der Waals surface area contributed by atoms with E-state index in [-0.39, 0.29) is 18.4 Å². The van der Waals surface area contributed by atoms with Crippen LogP contribution in [-0.4, -0.2) is 52.3 Å². The van der Waals surface area contributed by atoms with E-state index in [1.54, 1.807) is 0 Å². The lowest BCUT2D eigenvalue weighted by molar-refractivity contribution is 0.00711. The summed E-state index contributed by atoms with van der Waals surface area (Å²) < 4.78 is 5.75. The quantitative estimate of drug-likeness (QED) is 0.348. The highest BCUT2D eigenvalue weighted by Crippen LogP contribution is 2.41. The van der Waals surface area contributed by atoms with Crippen LogP contribution >= 0.6 is 0 Å². The van der Waals surface area contributed by atoms with Gasteiger partial charge in [-0.1, -0.05) is 32.0 Å². The molecule has 0 spiro atoms. The molecule has 0 radical (unpaired) electrons. The van der Waals surface area contributed by atoms with Gasteiger partial charge in [0.2, 0.25) is 0 Å². The number of H-pyrrole nitrogens is 1. The van der Waals surface area contributed by atoms with E-state index in [0.29, 0.717) is 5.92 Å². The van der Waals surface area contributed by atoms with Crippen molar-refractivity contribution in [1.82, 2.24) is 25.5 Å². The van der Waals surface area contributed by atoms with Gasteiger partial charge in [-0.2, -0.15) is 5.10 Å². The summed E-state index contributed by atoms with van der Waals surface area (Å²) >= 11 is 0. The van der Waals surface area contributed by atoms with E-state index in [1.807, 2.05) is 7.11 Å². The van der Waals surface area contributed by atoms with Crippen molar-refractivity contribution in [2.45, 2.75) is 84.8 Å². The highest BCUT2D eigenvalue weighted by atomic mass is 16.5. The number of benzene rings is 2. The number of aromatic amines is 1. The first-order valence-electron chi connectivity index (χ1n) is 14.6. The maximum Gasteiger partial charge on any atom is 0.162 e. The first kappa shape index (κ1) is 25.5. The van der Waals surface area contributed by atoms with Gasteiger partial charge in [0, 0.05) is 67.4 Å². The van der Waals surface area contributed by atoms with E-state index in [0.717, 1.165) is 66.2 Å². The van der Waals surface area contributed by atoms with E-state index >= 15 is 0 Å². The molecule has 2 N–H and O–H groups in total. The third-order valence-corrected chi connectivity index (χ3v) is 9.22. The van der Waals surface area contributed by atoms with Crippen LogP contribution in [-0.2, 0) is 17.7 Å². The van der Waals surface area contributed by atoms with Crippen LogP contribution in [0.3, 0.4) is 0 Å². The number of fused-ring (bicyclic) bond motifs is 4. The number of aryl methyl sites for hydroxylation is 3. The fourth-order valence-electron chi connectivity index (χ4n) is 6.87. The number of hydrogen-bond donors (Lipinski definition) is 2. The summed E-state index contributed by atoms with van der Waals surface area (Å²) in [5.74, 6) is 2.37. The molecular weight excluding hydrogens is 498 g/mol. The highest BCUT2D eigenvalue weighted by molar-refractivity contribution is 5.96. The van der Waals surface area contributed by atoms with E-state index < -0.39 is 0 Å². The number of rotatable bonds is 5. The number of aromatic nitrogens is 4. The first-order valence-corrected chi connectivity index (χ1v) is 14.6. The van der Waals surface area contributed by atoms with Gasteiger partial charge in [-0.05, 0) is 55.5 Å². The zero-order valence-corrected chi connectivity index (χ0v) is 24.4. The smallest absolute Gasteiger partial charge is 0.162 e. The first-order chi connectivity index (χ1) is 19.3. The van der Waals surface area contributed by atoms with Crippen LogP contribution in [0.4, 0.5) is 11.5 Å². The largest absolute Gasteiger partial charge is 0.381 e. The Morgan fingerprint density at radius 2 is 1.77 bits per heavy atom. The van der Waals surface area contributed by atoms with Gasteiger partial charge in [-0.25, -0.2) is 9.97 Å². The average molecular weight is 538 g/mol. The molecule has 3 saturated heterocycles. The van der Waals surface area contributed by atoms with Crippen molar-refractivity contribution in [3.05, 3.63) is 64.0 Å². The molecule has 4 aliphatic rings. The topological polar surface area (TPSA) is 82.2 Å². The summed E-state index contributed by atoms with van der Waals surface area (Å²) in [7, 11) is 1.83. The van der Waals surface area contributed by atoms with E-state index in [4.69, 9.17) is 14.7 Å². The minimum absolute atomic E-state index is 0.226. The van der Waals surface area contributed by atoms with Crippen LogP contribution in [0.5, 0.6) is 0 Å². The summed E-state index contributed by atoms with van der Waals surface area (Å²) in [4.78, 5) is 15.7. The van der Waals surface area contributed by atoms with Gasteiger partial charge >= 0.3 is 0 Å². The molecule has 8 nitrogen and oxygen atoms in total. The fourth-order valence-corrected chi connectivity index (χ4v) is 6.87. The monoisotopic (exact) mass is 537 g/mol. The lowest BCUT2D eigenvalue weighted by Crippen LogP contribution is -2.75. The Hall–Kier alpha value is -3.49. The number of nitrogens with zero attached hydrogens (tertiary/aromatic N) is 5. The lowest BCUT2D eigenvalue weighted by atomic mass is 9.92. The molecule has 2 bridgehead atoms. The zero-order valence-electron chi connectivity index (χ0n) is 24.4. The Labute approximate surface area is 236 Å². The summed E-state index contributed by atoms with van der Waals surface area (Å²) in [6.07, 6.45) is 3.53. The van der Waals surface area contributed by atoms with E-state index in [9.17, 15) is 0 Å². The standard InChI is InChI=1S/C32H39N7O/c1-17(2)21-9-7-18(3)26(13-21)38-12-11-24-23(16-38)32(39-27-14-22(40-6)15-28(39)34-27)35-31(33-24)29-19(4)8-10-25-30(29)20(5)36-37-25/h7-10,13,17,22,27-28,34H,11-12,14-16H2,1-6H3,(H,36,37)/t22?,27-,28+. The molecule has 8 rings (SSSR count). The van der Waals surface area contributed by atoms with Crippen LogP contribution in [0.1, 0.15) is 66.2 Å². The van der Waals surface area contributed by atoms with Crippen molar-refractivity contribution in [1.29, 1.82) is 0 Å². The molecule has 6 heterocycles. The molecule has 0 amide bonds. The van der Waals surface area contributed by atoms with Crippen molar-refractivity contribution in [3.8, 4) is 11.4 Å². The molecule has 1 unspecified atom stereocenters. The molecule has 8 heteroatoms. The van der Waals surface area contributed by atoms with Gasteiger partial charge in [0.05, 0.1) is 29.6 Å². The number of hydrogen-bond acceptors (Lipinski definition) is 7. The van der Waals surface area contributed by atoms with Crippen LogP contribution in [0.25, 0.3) is 22.3 Å². The minimum Gasteiger partial charge on any atom is -0.381 e. The van der Waals surface area contributed by atoms with Crippen LogP contribution < -0.4 is 15.1 Å². The van der Waals surface area contributed by atoms with Gasteiger partial charge in [0.25, 0.3) is 0 Å². The molecule has 2 aromatic carbocycles. The Balaban J connectivity index is 1.36. The number of piperidine rings is 2. The predicted molar refractivity (Wildman–Crippen MR) is 160 cm³/mol. The van der Waals surface area contributed by atoms with Gasteiger partial charge < -0.3 is 14.5 Å². The van der Waals surface area contributed by atoms with Crippen molar-refractivity contribution < 1.29 is 4.74 Å². The van der Waals surface area contributed by atoms with Crippen LogP contribution in [0, 0.1) is 20.8 Å². The maximum absolute atomic E-state index is 5.75. The summed E-state index contributed by atoms with van der Waals surface area (Å²) in [5, 5.41) is 12.6. The average Bonchev–Trinajstić information content (AvgIpc) is 3.33. The predicted octanol–water partition coefficient (Wildman–Crippen LogP) is 5.50. The summed E-state index contributed by atoms with van der Waals surface area (Å²) in [6, 6.07) is 11.1. The maximum atomic E-state index is 5.75. The normalized spacial score (nSPS) is 22.1. The second-order valence-corrected chi connectivity index (χ2v) is 12.1. The number of nitrogens with one attached hydrogen (secondary N) is 2. The van der Waals surface area contributed by atoms with Crippen LogP contribution in [0.2, 0.25) is 0 Å². The molecule has 3 atom stereocenters. The number of ether oxygens (including phenoxy) is 1. The van der Waals surface area contributed by atoms with Gasteiger partial charge in [0.15, 0.2) is 5.82 Å². The Kier molecular flexibility index (Phi) is 6.09. The highest BCUT2D eigenvalue weighted by Gasteiger charge is 2.47. The van der Waals surface area contributed by atoms with Crippen molar-refractivity contribution in [2.75, 3.05) is 23.5 Å². The van der Waals surface area contributed by atoms with E-state index in [1.165, 1.54) is 33.6 Å². The summed E-state index contributed by atoms with van der Waals surface area (Å²) in [5.41, 5.74) is 10.7. The third kappa shape index (κ3) is 3.99. The molecule has 4 aromatic rings. The molecule has 4 aliphatic heterocycles. The summed E-state index contributed by atoms with van der Waals surface area (Å²) in [6.45, 7) is 12.7. The van der Waals surface area contributed by atoms with Crippen molar-refractivity contribution >= 4 is 22.4 Å². The van der Waals surface area contributed by atoms with Gasteiger partial charge in [-0.15, -0.1) is 0 Å². The van der Waals surface area contributed by atoms with Crippen molar-refractivity contribution in [2.24, 2.45) is 0 Å². The molecule has 0 saturated carbocycles. The zero-order chi connectivity index (χ0) is 27.7. The Morgan fingerprint density at radius 3 is 2.52 bits per heavy atom. The molecule has 0 aliphatic carbocycles. The van der Waals surface area contributed by atoms with Gasteiger partial charge in [-0.3, -0.25) is 10.4 Å².